The Morgan fingerprint density at radius 2 is 1.73 bits per heavy atom. The van der Waals surface area contributed by atoms with Crippen molar-refractivity contribution in [2.45, 2.75) is 45.8 Å². The van der Waals surface area contributed by atoms with Gasteiger partial charge in [-0.05, 0) is 32.9 Å². The molecule has 22 heavy (non-hydrogen) atoms. The molecule has 1 aromatic carbocycles. The zero-order valence-corrected chi connectivity index (χ0v) is 12.3. The predicted octanol–water partition coefficient (Wildman–Crippen LogP) is 3.98. The van der Waals surface area contributed by atoms with Gasteiger partial charge in [0.05, 0.1) is 13.1 Å². The summed E-state index contributed by atoms with van der Waals surface area (Å²) in [6.45, 7) is 4.62. The van der Waals surface area contributed by atoms with E-state index in [0.717, 1.165) is 17.0 Å². The number of halogens is 4. The van der Waals surface area contributed by atoms with Crippen LogP contribution in [0.1, 0.15) is 31.9 Å². The minimum atomic E-state index is -4.88. The monoisotopic (exact) mass is 321 g/mol. The van der Waals surface area contributed by atoms with Crippen LogP contribution in [-0.4, -0.2) is 23.0 Å². The Labute approximate surface area is 124 Å². The highest BCUT2D eigenvalue weighted by molar-refractivity contribution is 5.70. The van der Waals surface area contributed by atoms with E-state index in [0.29, 0.717) is 0 Å². The minimum absolute atomic E-state index is 0.00295. The van der Waals surface area contributed by atoms with Gasteiger partial charge in [0.2, 0.25) is 0 Å². The highest BCUT2D eigenvalue weighted by Crippen LogP contribution is 2.36. The molecule has 0 N–H and O–H groups in total. The van der Waals surface area contributed by atoms with E-state index in [-0.39, 0.29) is 24.2 Å². The number of carbonyl (C=O) groups is 1. The molecule has 122 valence electrons. The van der Waals surface area contributed by atoms with Crippen LogP contribution >= 0.6 is 0 Å². The number of ether oxygens (including phenoxy) is 2. The molecule has 0 atom stereocenters. The molecule has 0 bridgehead atoms. The lowest BCUT2D eigenvalue weighted by atomic mass is 10.1. The molecule has 0 fully saturated rings. The fourth-order valence-electron chi connectivity index (χ4n) is 2.10. The van der Waals surface area contributed by atoms with Crippen LogP contribution in [0.4, 0.5) is 22.4 Å². The molecular weight excluding hydrogens is 306 g/mol. The van der Waals surface area contributed by atoms with E-state index < -0.39 is 29.6 Å². The van der Waals surface area contributed by atoms with Gasteiger partial charge in [0.15, 0.2) is 0 Å². The van der Waals surface area contributed by atoms with Gasteiger partial charge >= 0.3 is 12.5 Å². The number of benzene rings is 1. The number of hydrogen-bond acceptors (Lipinski definition) is 3. The molecule has 4 nitrogen and oxygen atoms in total. The predicted molar refractivity (Wildman–Crippen MR) is 68.6 cm³/mol. The Balaban J connectivity index is 2.24. The van der Waals surface area contributed by atoms with Gasteiger partial charge in [-0.25, -0.2) is 9.18 Å². The fourth-order valence-corrected chi connectivity index (χ4v) is 2.10. The Morgan fingerprint density at radius 3 is 2.27 bits per heavy atom. The third-order valence-electron chi connectivity index (χ3n) is 2.91. The highest BCUT2D eigenvalue weighted by atomic mass is 19.4. The first-order valence-corrected chi connectivity index (χ1v) is 6.50. The molecule has 1 aliphatic rings. The normalized spacial score (nSPS) is 14.8. The van der Waals surface area contributed by atoms with Crippen LogP contribution < -0.4 is 4.74 Å². The van der Waals surface area contributed by atoms with Crippen molar-refractivity contribution in [2.75, 3.05) is 0 Å². The summed E-state index contributed by atoms with van der Waals surface area (Å²) < 4.78 is 59.9. The lowest BCUT2D eigenvalue weighted by molar-refractivity contribution is -0.274. The largest absolute Gasteiger partial charge is 0.573 e. The fraction of sp³-hybridized carbons (Fsp3) is 0.500. The summed E-state index contributed by atoms with van der Waals surface area (Å²) in [4.78, 5) is 13.1. The van der Waals surface area contributed by atoms with Gasteiger partial charge in [-0.2, -0.15) is 0 Å². The van der Waals surface area contributed by atoms with Crippen molar-refractivity contribution in [1.82, 2.24) is 4.90 Å². The third kappa shape index (κ3) is 3.80. The Bertz CT molecular complexity index is 593. The number of amides is 1. The van der Waals surface area contributed by atoms with Crippen LogP contribution in [0.25, 0.3) is 0 Å². The molecule has 1 amide bonds. The smallest absolute Gasteiger partial charge is 0.444 e. The van der Waals surface area contributed by atoms with Crippen LogP contribution in [0.5, 0.6) is 5.75 Å². The summed E-state index contributed by atoms with van der Waals surface area (Å²) in [5, 5.41) is 0. The third-order valence-corrected chi connectivity index (χ3v) is 2.91. The molecule has 1 aliphatic heterocycles. The Morgan fingerprint density at radius 1 is 1.14 bits per heavy atom. The van der Waals surface area contributed by atoms with E-state index in [1.54, 1.807) is 20.8 Å². The number of nitrogens with zero attached hydrogens (tertiary/aromatic N) is 1. The molecule has 1 heterocycles. The van der Waals surface area contributed by atoms with Gasteiger partial charge in [0, 0.05) is 11.1 Å². The summed E-state index contributed by atoms with van der Waals surface area (Å²) in [7, 11) is 0. The van der Waals surface area contributed by atoms with Gasteiger partial charge in [-0.15, -0.1) is 13.2 Å². The molecule has 0 unspecified atom stereocenters. The topological polar surface area (TPSA) is 38.8 Å². The SMILES string of the molecule is CC(C)(C)OC(=O)N1Cc2c(F)ccc(OC(F)(F)F)c2C1. The number of alkyl halides is 3. The summed E-state index contributed by atoms with van der Waals surface area (Å²) >= 11 is 0. The maximum atomic E-state index is 13.8. The number of rotatable bonds is 1. The summed E-state index contributed by atoms with van der Waals surface area (Å²) in [6, 6.07) is 1.79. The summed E-state index contributed by atoms with van der Waals surface area (Å²) in [5.74, 6) is -1.19. The van der Waals surface area contributed by atoms with Crippen molar-refractivity contribution in [1.29, 1.82) is 0 Å². The van der Waals surface area contributed by atoms with E-state index in [2.05, 4.69) is 4.74 Å². The van der Waals surface area contributed by atoms with Crippen LogP contribution in [-0.2, 0) is 17.8 Å². The van der Waals surface area contributed by atoms with Crippen LogP contribution in [0, 0.1) is 5.82 Å². The molecule has 2 rings (SSSR count). The summed E-state index contributed by atoms with van der Waals surface area (Å²) in [6.07, 6.45) is -5.61. The van der Waals surface area contributed by atoms with Crippen LogP contribution in [0.15, 0.2) is 12.1 Å². The van der Waals surface area contributed by atoms with Gasteiger partial charge in [-0.1, -0.05) is 0 Å². The molecule has 0 aromatic heterocycles. The van der Waals surface area contributed by atoms with E-state index in [1.165, 1.54) is 0 Å². The molecule has 0 radical (unpaired) electrons. The molecule has 0 saturated heterocycles. The Kier molecular flexibility index (Phi) is 3.97. The lowest BCUT2D eigenvalue weighted by Gasteiger charge is -2.24. The zero-order valence-electron chi connectivity index (χ0n) is 12.3. The van der Waals surface area contributed by atoms with E-state index >= 15 is 0 Å². The molecule has 8 heteroatoms. The lowest BCUT2D eigenvalue weighted by Crippen LogP contribution is -2.33. The molecule has 1 aromatic rings. The highest BCUT2D eigenvalue weighted by Gasteiger charge is 2.36. The Hall–Kier alpha value is -1.99. The quantitative estimate of drug-likeness (QED) is 0.735. The van der Waals surface area contributed by atoms with Crippen molar-refractivity contribution in [2.24, 2.45) is 0 Å². The maximum absolute atomic E-state index is 13.8. The van der Waals surface area contributed by atoms with Crippen molar-refractivity contribution in [3.63, 3.8) is 0 Å². The van der Waals surface area contributed by atoms with Crippen molar-refractivity contribution in [3.05, 3.63) is 29.1 Å². The molecular formula is C14H15F4NO3. The number of carbonyl (C=O) groups excluding carboxylic acids is 1. The first-order chi connectivity index (χ1) is 9.96. The van der Waals surface area contributed by atoms with Crippen LogP contribution in [0.2, 0.25) is 0 Å². The number of hydrogen-bond donors (Lipinski definition) is 0. The minimum Gasteiger partial charge on any atom is -0.444 e. The standard InChI is InChI=1S/C14H15F4NO3/c1-13(2,3)22-12(20)19-6-8-9(7-19)11(5-4-10(8)15)21-14(16,17)18/h4-5H,6-7H2,1-3H3. The first kappa shape index (κ1) is 16.4. The van der Waals surface area contributed by atoms with Gasteiger partial charge in [-0.3, -0.25) is 4.90 Å². The molecule has 0 saturated carbocycles. The van der Waals surface area contributed by atoms with E-state index in [4.69, 9.17) is 4.74 Å². The number of fused-ring (bicyclic) bond motifs is 1. The second-order valence-electron chi connectivity index (χ2n) is 5.89. The zero-order chi connectivity index (χ0) is 16.7. The molecule has 0 aliphatic carbocycles. The average Bonchev–Trinajstić information content (AvgIpc) is 2.75. The van der Waals surface area contributed by atoms with Gasteiger partial charge in [0.1, 0.15) is 17.2 Å². The van der Waals surface area contributed by atoms with Crippen LogP contribution in [0.3, 0.4) is 0 Å². The summed E-state index contributed by atoms with van der Waals surface area (Å²) in [5.41, 5.74) is -0.744. The van der Waals surface area contributed by atoms with Crippen molar-refractivity contribution in [3.8, 4) is 5.75 Å². The first-order valence-electron chi connectivity index (χ1n) is 6.50. The van der Waals surface area contributed by atoms with Gasteiger partial charge < -0.3 is 9.47 Å². The second kappa shape index (κ2) is 5.33. The van der Waals surface area contributed by atoms with E-state index in [1.807, 2.05) is 0 Å². The maximum Gasteiger partial charge on any atom is 0.573 e. The average molecular weight is 321 g/mol. The second-order valence-corrected chi connectivity index (χ2v) is 5.89. The molecule has 0 spiro atoms. The van der Waals surface area contributed by atoms with Gasteiger partial charge in [0.25, 0.3) is 0 Å². The van der Waals surface area contributed by atoms with Crippen molar-refractivity contribution >= 4 is 6.09 Å². The van der Waals surface area contributed by atoms with E-state index in [9.17, 15) is 22.4 Å². The van der Waals surface area contributed by atoms with Crippen molar-refractivity contribution < 1.29 is 31.8 Å².